The molecule has 0 atom stereocenters. The maximum atomic E-state index is 13.2. The van der Waals surface area contributed by atoms with Gasteiger partial charge in [0, 0.05) is 37.9 Å². The quantitative estimate of drug-likeness (QED) is 0.847. The topological polar surface area (TPSA) is 59.7 Å². The third-order valence-corrected chi connectivity index (χ3v) is 4.40. The fraction of sp³-hybridized carbons (Fsp3) is 0.562. The number of nitrogens with zero attached hydrogens (tertiary/aromatic N) is 4. The molecule has 1 aliphatic rings. The van der Waals surface area contributed by atoms with Crippen molar-refractivity contribution in [2.24, 2.45) is 0 Å². The monoisotopic (exact) mass is 356 g/mol. The summed E-state index contributed by atoms with van der Waals surface area (Å²) in [6, 6.07) is 2.61. The van der Waals surface area contributed by atoms with Gasteiger partial charge in [0.25, 0.3) is 0 Å². The molecule has 3 heterocycles. The zero-order chi connectivity index (χ0) is 18.2. The number of ether oxygens (including phenoxy) is 1. The molecule has 0 spiro atoms. The molecule has 25 heavy (non-hydrogen) atoms. The molecule has 1 fully saturated rings. The molecule has 0 radical (unpaired) electrons. The number of aromatic nitrogens is 3. The van der Waals surface area contributed by atoms with E-state index in [1.165, 1.54) is 14.0 Å². The van der Waals surface area contributed by atoms with Crippen LogP contribution in [0.3, 0.4) is 0 Å². The van der Waals surface area contributed by atoms with Gasteiger partial charge in [-0.3, -0.25) is 4.79 Å². The second-order valence-corrected chi connectivity index (χ2v) is 6.21. The molecule has 0 aromatic carbocycles. The van der Waals surface area contributed by atoms with Gasteiger partial charge in [-0.2, -0.15) is 18.3 Å². The van der Waals surface area contributed by atoms with Gasteiger partial charge in [0.15, 0.2) is 5.65 Å². The Hall–Kier alpha value is -2.16. The van der Waals surface area contributed by atoms with Gasteiger partial charge in [0.1, 0.15) is 12.3 Å². The minimum Gasteiger partial charge on any atom is -0.375 e. The summed E-state index contributed by atoms with van der Waals surface area (Å²) < 4.78 is 45.4. The van der Waals surface area contributed by atoms with Crippen LogP contribution in [0.5, 0.6) is 0 Å². The molecule has 0 saturated carbocycles. The molecule has 0 N–H and O–H groups in total. The maximum Gasteiger partial charge on any atom is 0.433 e. The van der Waals surface area contributed by atoms with Gasteiger partial charge in [-0.1, -0.05) is 0 Å². The smallest absolute Gasteiger partial charge is 0.375 e. The molecule has 2 aromatic heterocycles. The lowest BCUT2D eigenvalue weighted by Crippen LogP contribution is -2.39. The Kier molecular flexibility index (Phi) is 4.68. The molecule has 9 heteroatoms. The molecule has 0 aliphatic carbocycles. The Morgan fingerprint density at radius 1 is 1.32 bits per heavy atom. The fourth-order valence-electron chi connectivity index (χ4n) is 3.16. The minimum atomic E-state index is -4.49. The van der Waals surface area contributed by atoms with E-state index >= 15 is 0 Å². The van der Waals surface area contributed by atoms with E-state index < -0.39 is 11.9 Å². The van der Waals surface area contributed by atoms with Crippen molar-refractivity contribution < 1.29 is 22.7 Å². The highest BCUT2D eigenvalue weighted by molar-refractivity contribution is 5.77. The largest absolute Gasteiger partial charge is 0.433 e. The summed E-state index contributed by atoms with van der Waals surface area (Å²) >= 11 is 0. The summed E-state index contributed by atoms with van der Waals surface area (Å²) in [6.45, 7) is 2.65. The predicted molar refractivity (Wildman–Crippen MR) is 83.2 cm³/mol. The Labute approximate surface area is 142 Å². The lowest BCUT2D eigenvalue weighted by molar-refractivity contribution is -0.142. The van der Waals surface area contributed by atoms with Crippen LogP contribution in [0.25, 0.3) is 5.65 Å². The average Bonchev–Trinajstić information content (AvgIpc) is 2.97. The van der Waals surface area contributed by atoms with Crippen LogP contribution in [0.2, 0.25) is 0 Å². The number of fused-ring (bicyclic) bond motifs is 1. The Morgan fingerprint density at radius 3 is 2.60 bits per heavy atom. The molecule has 1 amide bonds. The third-order valence-electron chi connectivity index (χ3n) is 4.40. The van der Waals surface area contributed by atoms with Gasteiger partial charge < -0.3 is 9.64 Å². The maximum absolute atomic E-state index is 13.2. The average molecular weight is 356 g/mol. The van der Waals surface area contributed by atoms with E-state index in [-0.39, 0.29) is 24.1 Å². The van der Waals surface area contributed by atoms with E-state index in [9.17, 15) is 18.0 Å². The van der Waals surface area contributed by atoms with Gasteiger partial charge in [0.2, 0.25) is 5.91 Å². The summed E-state index contributed by atoms with van der Waals surface area (Å²) in [4.78, 5) is 17.7. The highest BCUT2D eigenvalue weighted by atomic mass is 19.4. The highest BCUT2D eigenvalue weighted by Crippen LogP contribution is 2.32. The van der Waals surface area contributed by atoms with Crippen LogP contribution in [-0.4, -0.2) is 52.2 Å². The van der Waals surface area contributed by atoms with E-state index in [0.29, 0.717) is 37.3 Å². The van der Waals surface area contributed by atoms with Crippen LogP contribution in [0.1, 0.15) is 35.8 Å². The molecule has 1 saturated heterocycles. The molecular weight excluding hydrogens is 337 g/mol. The number of methoxy groups -OCH3 is 1. The van der Waals surface area contributed by atoms with Crippen molar-refractivity contribution >= 4 is 11.6 Å². The van der Waals surface area contributed by atoms with E-state index in [2.05, 4.69) is 10.1 Å². The molecule has 2 aromatic rings. The minimum absolute atomic E-state index is 0.00897. The Morgan fingerprint density at radius 2 is 2.00 bits per heavy atom. The van der Waals surface area contributed by atoms with Crippen LogP contribution in [0, 0.1) is 6.92 Å². The number of aryl methyl sites for hydroxylation is 1. The summed E-state index contributed by atoms with van der Waals surface area (Å²) in [5.41, 5.74) is 0.253. The number of amides is 1. The number of halogens is 3. The number of piperidine rings is 1. The van der Waals surface area contributed by atoms with Crippen LogP contribution in [0.4, 0.5) is 13.2 Å². The first-order chi connectivity index (χ1) is 11.8. The molecule has 3 rings (SSSR count). The Bertz CT molecular complexity index is 780. The van der Waals surface area contributed by atoms with Crippen molar-refractivity contribution in [3.63, 3.8) is 0 Å². The summed E-state index contributed by atoms with van der Waals surface area (Å²) in [5.74, 6) is -0.0673. The molecule has 0 unspecified atom stereocenters. The van der Waals surface area contributed by atoms with Crippen molar-refractivity contribution in [2.75, 3.05) is 26.8 Å². The van der Waals surface area contributed by atoms with Gasteiger partial charge in [-0.15, -0.1) is 0 Å². The number of hydrogen-bond donors (Lipinski definition) is 0. The van der Waals surface area contributed by atoms with E-state index in [0.717, 1.165) is 10.6 Å². The number of alkyl halides is 3. The standard InChI is InChI=1S/C16H19F3N4O2/c1-10-7-13(16(17,18)19)23-14(20-10)8-12(21-23)11-3-5-22(6-4-11)15(24)9-25-2/h7-8,11H,3-6,9H2,1-2H3. The van der Waals surface area contributed by atoms with Crippen LogP contribution < -0.4 is 0 Å². The number of rotatable bonds is 3. The first-order valence-electron chi connectivity index (χ1n) is 8.01. The fourth-order valence-corrected chi connectivity index (χ4v) is 3.16. The Balaban J connectivity index is 1.83. The molecule has 1 aliphatic heterocycles. The number of carbonyl (C=O) groups is 1. The van der Waals surface area contributed by atoms with Crippen LogP contribution >= 0.6 is 0 Å². The zero-order valence-corrected chi connectivity index (χ0v) is 14.0. The van der Waals surface area contributed by atoms with Crippen molar-refractivity contribution in [3.8, 4) is 0 Å². The number of carbonyl (C=O) groups excluding carboxylic acids is 1. The van der Waals surface area contributed by atoms with Gasteiger partial charge >= 0.3 is 6.18 Å². The van der Waals surface area contributed by atoms with Crippen molar-refractivity contribution in [2.45, 2.75) is 31.9 Å². The first-order valence-corrected chi connectivity index (χ1v) is 8.01. The first kappa shape index (κ1) is 17.7. The molecule has 6 nitrogen and oxygen atoms in total. The highest BCUT2D eigenvalue weighted by Gasteiger charge is 2.35. The number of likely N-dealkylation sites (tertiary alicyclic amines) is 1. The zero-order valence-electron chi connectivity index (χ0n) is 14.0. The SMILES string of the molecule is COCC(=O)N1CCC(c2cc3nc(C)cc(C(F)(F)F)n3n2)CC1. The summed E-state index contributed by atoms with van der Waals surface area (Å²) in [6.07, 6.45) is -3.19. The van der Waals surface area contributed by atoms with E-state index in [4.69, 9.17) is 4.74 Å². The van der Waals surface area contributed by atoms with E-state index in [1.807, 2.05) is 0 Å². The second-order valence-electron chi connectivity index (χ2n) is 6.21. The lowest BCUT2D eigenvalue weighted by atomic mass is 9.93. The van der Waals surface area contributed by atoms with Crippen molar-refractivity contribution in [1.29, 1.82) is 0 Å². The predicted octanol–water partition coefficient (Wildman–Crippen LogP) is 2.41. The number of hydrogen-bond acceptors (Lipinski definition) is 4. The molecule has 0 bridgehead atoms. The molecular formula is C16H19F3N4O2. The van der Waals surface area contributed by atoms with Crippen molar-refractivity contribution in [1.82, 2.24) is 19.5 Å². The second kappa shape index (κ2) is 6.62. The van der Waals surface area contributed by atoms with Gasteiger partial charge in [-0.05, 0) is 25.8 Å². The van der Waals surface area contributed by atoms with Crippen LogP contribution in [0.15, 0.2) is 12.1 Å². The third kappa shape index (κ3) is 3.60. The molecule has 136 valence electrons. The van der Waals surface area contributed by atoms with Crippen LogP contribution in [-0.2, 0) is 15.7 Å². The lowest BCUT2D eigenvalue weighted by Gasteiger charge is -2.31. The van der Waals surface area contributed by atoms with E-state index in [1.54, 1.807) is 11.0 Å². The normalized spacial score (nSPS) is 16.6. The summed E-state index contributed by atoms with van der Waals surface area (Å²) in [5, 5.41) is 4.16. The summed E-state index contributed by atoms with van der Waals surface area (Å²) in [7, 11) is 1.47. The van der Waals surface area contributed by atoms with Gasteiger partial charge in [0.05, 0.1) is 5.69 Å². The van der Waals surface area contributed by atoms with Gasteiger partial charge in [-0.25, -0.2) is 9.50 Å². The van der Waals surface area contributed by atoms with Crippen molar-refractivity contribution in [3.05, 3.63) is 29.2 Å².